The largest absolute Gasteiger partial charge is 0.497 e. The highest BCUT2D eigenvalue weighted by molar-refractivity contribution is 7.92. The Balaban J connectivity index is 2.18. The molecule has 35 heavy (non-hydrogen) atoms. The molecular weight excluding hydrogens is 466 g/mol. The number of nitrogens with zero attached hydrogens (tertiary/aromatic N) is 2. The molecule has 1 N–H and O–H groups in total. The van der Waals surface area contributed by atoms with Gasteiger partial charge in [-0.15, -0.1) is 0 Å². The summed E-state index contributed by atoms with van der Waals surface area (Å²) in [6.07, 6.45) is 2.84. The molecular formula is C26H37N3O5S. The van der Waals surface area contributed by atoms with Crippen LogP contribution in [0.4, 0.5) is 5.69 Å². The molecule has 2 aromatic rings. The number of rotatable bonds is 14. The van der Waals surface area contributed by atoms with E-state index in [1.807, 2.05) is 44.2 Å². The third kappa shape index (κ3) is 8.58. The predicted octanol–water partition coefficient (Wildman–Crippen LogP) is 3.58. The van der Waals surface area contributed by atoms with Gasteiger partial charge in [0.05, 0.1) is 19.1 Å². The Morgan fingerprint density at radius 1 is 1.06 bits per heavy atom. The van der Waals surface area contributed by atoms with Gasteiger partial charge in [-0.25, -0.2) is 8.42 Å². The molecule has 0 heterocycles. The number of methoxy groups -OCH3 is 1. The van der Waals surface area contributed by atoms with Gasteiger partial charge >= 0.3 is 0 Å². The van der Waals surface area contributed by atoms with Crippen LogP contribution >= 0.6 is 0 Å². The molecule has 1 unspecified atom stereocenters. The van der Waals surface area contributed by atoms with E-state index in [1.165, 1.54) is 11.4 Å². The third-order valence-electron chi connectivity index (χ3n) is 5.62. The van der Waals surface area contributed by atoms with Crippen LogP contribution in [0, 0.1) is 0 Å². The van der Waals surface area contributed by atoms with Gasteiger partial charge in [-0.05, 0) is 37.0 Å². The van der Waals surface area contributed by atoms with Crippen molar-refractivity contribution in [1.82, 2.24) is 10.2 Å². The first-order valence-corrected chi connectivity index (χ1v) is 13.8. The second-order valence-corrected chi connectivity index (χ2v) is 10.3. The lowest BCUT2D eigenvalue weighted by atomic mass is 10.1. The monoisotopic (exact) mass is 503 g/mol. The average molecular weight is 504 g/mol. The second-order valence-electron chi connectivity index (χ2n) is 8.36. The highest BCUT2D eigenvalue weighted by Crippen LogP contribution is 2.24. The second kappa shape index (κ2) is 13.7. The van der Waals surface area contributed by atoms with Crippen molar-refractivity contribution in [2.24, 2.45) is 0 Å². The SMILES string of the molecule is CCCNC(=O)C(CC)N(Cc1ccccc1)C(=O)CCCN(c1cccc(OC)c1)S(C)(=O)=O. The minimum Gasteiger partial charge on any atom is -0.497 e. The molecule has 2 aromatic carbocycles. The van der Waals surface area contributed by atoms with E-state index < -0.39 is 16.1 Å². The fourth-order valence-corrected chi connectivity index (χ4v) is 4.79. The first-order valence-electron chi connectivity index (χ1n) is 11.9. The van der Waals surface area contributed by atoms with Gasteiger partial charge in [-0.1, -0.05) is 50.2 Å². The fourth-order valence-electron chi connectivity index (χ4n) is 3.84. The van der Waals surface area contributed by atoms with E-state index in [9.17, 15) is 18.0 Å². The minimum atomic E-state index is -3.57. The minimum absolute atomic E-state index is 0.111. The van der Waals surface area contributed by atoms with Crippen LogP contribution in [-0.2, 0) is 26.2 Å². The molecule has 0 radical (unpaired) electrons. The smallest absolute Gasteiger partial charge is 0.242 e. The molecule has 8 nitrogen and oxygen atoms in total. The number of hydrogen-bond acceptors (Lipinski definition) is 5. The van der Waals surface area contributed by atoms with Gasteiger partial charge < -0.3 is 15.0 Å². The van der Waals surface area contributed by atoms with Crippen LogP contribution in [0.25, 0.3) is 0 Å². The summed E-state index contributed by atoms with van der Waals surface area (Å²) >= 11 is 0. The maximum absolute atomic E-state index is 13.4. The van der Waals surface area contributed by atoms with Crippen LogP contribution in [0.3, 0.4) is 0 Å². The molecule has 0 saturated carbocycles. The van der Waals surface area contributed by atoms with Crippen molar-refractivity contribution in [3.8, 4) is 5.75 Å². The van der Waals surface area contributed by atoms with E-state index in [0.29, 0.717) is 37.4 Å². The van der Waals surface area contributed by atoms with Crippen molar-refractivity contribution >= 4 is 27.5 Å². The van der Waals surface area contributed by atoms with E-state index in [-0.39, 0.29) is 24.8 Å². The molecule has 0 fully saturated rings. The first kappa shape index (κ1) is 28.2. The zero-order valence-corrected chi connectivity index (χ0v) is 21.9. The summed E-state index contributed by atoms with van der Waals surface area (Å²) in [6, 6.07) is 15.7. The number of carbonyl (C=O) groups excluding carboxylic acids is 2. The van der Waals surface area contributed by atoms with Gasteiger partial charge in [0.25, 0.3) is 0 Å². The molecule has 2 rings (SSSR count). The Morgan fingerprint density at radius 2 is 1.77 bits per heavy atom. The zero-order valence-electron chi connectivity index (χ0n) is 21.1. The summed E-state index contributed by atoms with van der Waals surface area (Å²) in [4.78, 5) is 27.8. The summed E-state index contributed by atoms with van der Waals surface area (Å²) in [5.74, 6) is 0.185. The molecule has 0 saturated heterocycles. The Hall–Kier alpha value is -3.07. The van der Waals surface area contributed by atoms with Gasteiger partial charge in [0.2, 0.25) is 21.8 Å². The quantitative estimate of drug-likeness (QED) is 0.425. The molecule has 9 heteroatoms. The van der Waals surface area contributed by atoms with Crippen molar-refractivity contribution in [3.05, 3.63) is 60.2 Å². The lowest BCUT2D eigenvalue weighted by molar-refractivity contribution is -0.141. The van der Waals surface area contributed by atoms with Gasteiger partial charge in [0, 0.05) is 32.1 Å². The predicted molar refractivity (Wildman–Crippen MR) is 139 cm³/mol. The van der Waals surface area contributed by atoms with Crippen LogP contribution in [0.15, 0.2) is 54.6 Å². The Labute approximate surface area is 209 Å². The van der Waals surface area contributed by atoms with Crippen LogP contribution in [0.2, 0.25) is 0 Å². The summed E-state index contributed by atoms with van der Waals surface area (Å²) in [5, 5.41) is 2.90. The number of hydrogen-bond donors (Lipinski definition) is 1. The fraction of sp³-hybridized carbons (Fsp3) is 0.462. The molecule has 0 aromatic heterocycles. The van der Waals surface area contributed by atoms with Crippen LogP contribution in [-0.4, -0.2) is 57.6 Å². The summed E-state index contributed by atoms with van der Waals surface area (Å²) < 4.78 is 31.4. The number of anilines is 1. The number of carbonyl (C=O) groups is 2. The summed E-state index contributed by atoms with van der Waals surface area (Å²) in [7, 11) is -2.05. The molecule has 2 amide bonds. The maximum atomic E-state index is 13.4. The molecule has 0 aliphatic rings. The van der Waals surface area contributed by atoms with Crippen LogP contribution < -0.4 is 14.4 Å². The number of benzene rings is 2. The van der Waals surface area contributed by atoms with Crippen molar-refractivity contribution in [1.29, 1.82) is 0 Å². The maximum Gasteiger partial charge on any atom is 0.242 e. The van der Waals surface area contributed by atoms with Gasteiger partial charge in [0.15, 0.2) is 0 Å². The Morgan fingerprint density at radius 3 is 2.37 bits per heavy atom. The van der Waals surface area contributed by atoms with Gasteiger partial charge in [-0.2, -0.15) is 0 Å². The molecule has 0 bridgehead atoms. The number of amides is 2. The molecule has 1 atom stereocenters. The first-order chi connectivity index (χ1) is 16.7. The van der Waals surface area contributed by atoms with Crippen LogP contribution in [0.1, 0.15) is 45.1 Å². The van der Waals surface area contributed by atoms with Gasteiger partial charge in [-0.3, -0.25) is 13.9 Å². The van der Waals surface area contributed by atoms with E-state index in [1.54, 1.807) is 29.2 Å². The number of ether oxygens (including phenoxy) is 1. The Bertz CT molecular complexity index is 1060. The third-order valence-corrected chi connectivity index (χ3v) is 6.82. The molecule has 0 spiro atoms. The van der Waals surface area contributed by atoms with E-state index in [4.69, 9.17) is 4.74 Å². The van der Waals surface area contributed by atoms with Crippen molar-refractivity contribution in [2.45, 2.75) is 52.1 Å². The van der Waals surface area contributed by atoms with Crippen molar-refractivity contribution in [2.75, 3.05) is 30.8 Å². The molecule has 0 aliphatic carbocycles. The Kier molecular flexibility index (Phi) is 11.0. The highest BCUT2D eigenvalue weighted by atomic mass is 32.2. The van der Waals surface area contributed by atoms with Gasteiger partial charge in [0.1, 0.15) is 11.8 Å². The zero-order chi connectivity index (χ0) is 25.8. The normalized spacial score (nSPS) is 12.0. The summed E-state index contributed by atoms with van der Waals surface area (Å²) in [5.41, 5.74) is 1.41. The van der Waals surface area contributed by atoms with E-state index in [2.05, 4.69) is 5.32 Å². The lowest BCUT2D eigenvalue weighted by Gasteiger charge is -2.31. The van der Waals surface area contributed by atoms with Crippen molar-refractivity contribution < 1.29 is 22.7 Å². The highest BCUT2D eigenvalue weighted by Gasteiger charge is 2.28. The standard InChI is InChI=1S/C26H37N3O5S/c1-5-17-27-26(31)24(6-2)28(20-21-12-8-7-9-13-21)25(30)16-11-18-29(35(4,32)33)22-14-10-15-23(19-22)34-3/h7-10,12-15,19,24H,5-6,11,16-18,20H2,1-4H3,(H,27,31). The number of sulfonamides is 1. The van der Waals surface area contributed by atoms with E-state index >= 15 is 0 Å². The summed E-state index contributed by atoms with van der Waals surface area (Å²) in [6.45, 7) is 4.85. The van der Waals surface area contributed by atoms with Crippen molar-refractivity contribution in [3.63, 3.8) is 0 Å². The topological polar surface area (TPSA) is 96.0 Å². The van der Waals surface area contributed by atoms with E-state index in [0.717, 1.165) is 18.2 Å². The van der Waals surface area contributed by atoms with Crippen LogP contribution in [0.5, 0.6) is 5.75 Å². The molecule has 0 aliphatic heterocycles. The molecule has 192 valence electrons. The lowest BCUT2D eigenvalue weighted by Crippen LogP contribution is -2.49. The average Bonchev–Trinajstić information content (AvgIpc) is 2.84. The number of nitrogens with one attached hydrogen (secondary N) is 1.